The predicted molar refractivity (Wildman–Crippen MR) is 77.2 cm³/mol. The van der Waals surface area contributed by atoms with Crippen molar-refractivity contribution in [2.45, 2.75) is 17.5 Å². The predicted octanol–water partition coefficient (Wildman–Crippen LogP) is 2.59. The lowest BCUT2D eigenvalue weighted by Gasteiger charge is -2.18. The standard InChI is InChI=1S/C13H16ClF3N2O2S/c1-18-7-9-4-5-19(8-9)22(20,21)10-2-3-12(14)11(6-10)13(15,16)17/h2-3,6,9,18H,4-5,7-8H2,1H3/t9-/m1/s1. The molecule has 0 radical (unpaired) electrons. The van der Waals surface area contributed by atoms with Crippen molar-refractivity contribution in [2.24, 2.45) is 5.92 Å². The number of nitrogens with zero attached hydrogens (tertiary/aromatic N) is 1. The topological polar surface area (TPSA) is 49.4 Å². The Labute approximate surface area is 132 Å². The molecule has 0 bridgehead atoms. The fourth-order valence-corrected chi connectivity index (χ4v) is 4.28. The van der Waals surface area contributed by atoms with E-state index in [0.717, 1.165) is 12.1 Å². The van der Waals surface area contributed by atoms with Gasteiger partial charge in [0.1, 0.15) is 0 Å². The molecular weight excluding hydrogens is 341 g/mol. The Balaban J connectivity index is 2.31. The molecule has 1 N–H and O–H groups in total. The minimum atomic E-state index is -4.69. The first-order valence-electron chi connectivity index (χ1n) is 6.67. The quantitative estimate of drug-likeness (QED) is 0.902. The van der Waals surface area contributed by atoms with E-state index in [4.69, 9.17) is 11.6 Å². The van der Waals surface area contributed by atoms with E-state index >= 15 is 0 Å². The van der Waals surface area contributed by atoms with Gasteiger partial charge in [0.05, 0.1) is 15.5 Å². The molecule has 1 aliphatic rings. The number of nitrogens with one attached hydrogen (secondary N) is 1. The van der Waals surface area contributed by atoms with Gasteiger partial charge in [0.2, 0.25) is 10.0 Å². The van der Waals surface area contributed by atoms with E-state index in [9.17, 15) is 21.6 Å². The second-order valence-electron chi connectivity index (χ2n) is 5.21. The molecule has 22 heavy (non-hydrogen) atoms. The van der Waals surface area contributed by atoms with Crippen LogP contribution in [0.1, 0.15) is 12.0 Å². The number of hydrogen-bond acceptors (Lipinski definition) is 3. The SMILES string of the molecule is CNC[C@H]1CCN(S(=O)(=O)c2ccc(Cl)c(C(F)(F)F)c2)C1. The summed E-state index contributed by atoms with van der Waals surface area (Å²) in [6.07, 6.45) is -4.01. The second kappa shape index (κ2) is 6.35. The third-order valence-corrected chi connectivity index (χ3v) is 5.81. The summed E-state index contributed by atoms with van der Waals surface area (Å²) in [6, 6.07) is 2.68. The first-order chi connectivity index (χ1) is 10.2. The fraction of sp³-hybridized carbons (Fsp3) is 0.538. The molecule has 9 heteroatoms. The summed E-state index contributed by atoms with van der Waals surface area (Å²) in [6.45, 7) is 1.27. The maximum atomic E-state index is 12.9. The first kappa shape index (κ1) is 17.5. The molecule has 1 heterocycles. The van der Waals surface area contributed by atoms with Gasteiger partial charge < -0.3 is 5.32 Å². The summed E-state index contributed by atoms with van der Waals surface area (Å²) in [7, 11) is -2.17. The van der Waals surface area contributed by atoms with Crippen LogP contribution in [0.25, 0.3) is 0 Å². The molecule has 0 aromatic heterocycles. The lowest BCUT2D eigenvalue weighted by atomic mass is 10.1. The summed E-state index contributed by atoms with van der Waals surface area (Å²) in [5.41, 5.74) is -1.14. The van der Waals surface area contributed by atoms with Gasteiger partial charge >= 0.3 is 6.18 Å². The van der Waals surface area contributed by atoms with E-state index in [1.54, 1.807) is 7.05 Å². The van der Waals surface area contributed by atoms with E-state index < -0.39 is 26.8 Å². The minimum absolute atomic E-state index is 0.161. The van der Waals surface area contributed by atoms with Crippen LogP contribution in [0.3, 0.4) is 0 Å². The molecule has 0 amide bonds. The number of halogens is 4. The van der Waals surface area contributed by atoms with Gasteiger partial charge in [-0.3, -0.25) is 0 Å². The smallest absolute Gasteiger partial charge is 0.319 e. The zero-order valence-corrected chi connectivity index (χ0v) is 13.4. The van der Waals surface area contributed by atoms with Crippen LogP contribution in [0.4, 0.5) is 13.2 Å². The summed E-state index contributed by atoms with van der Waals surface area (Å²) < 4.78 is 64.7. The minimum Gasteiger partial charge on any atom is -0.319 e. The van der Waals surface area contributed by atoms with E-state index in [-0.39, 0.29) is 10.8 Å². The third-order valence-electron chi connectivity index (χ3n) is 3.62. The zero-order chi connectivity index (χ0) is 16.5. The molecule has 124 valence electrons. The van der Waals surface area contributed by atoms with Gasteiger partial charge in [-0.25, -0.2) is 8.42 Å². The van der Waals surface area contributed by atoms with Crippen molar-refractivity contribution in [3.8, 4) is 0 Å². The fourth-order valence-electron chi connectivity index (χ4n) is 2.50. The lowest BCUT2D eigenvalue weighted by Crippen LogP contribution is -2.30. The molecule has 1 atom stereocenters. The molecule has 0 unspecified atom stereocenters. The monoisotopic (exact) mass is 356 g/mol. The Morgan fingerprint density at radius 3 is 2.68 bits per heavy atom. The van der Waals surface area contributed by atoms with Crippen LogP contribution in [0.5, 0.6) is 0 Å². The van der Waals surface area contributed by atoms with Crippen LogP contribution in [-0.4, -0.2) is 39.4 Å². The van der Waals surface area contributed by atoms with Crippen molar-refractivity contribution >= 4 is 21.6 Å². The van der Waals surface area contributed by atoms with Crippen molar-refractivity contribution in [2.75, 3.05) is 26.7 Å². The Bertz CT molecular complexity index is 649. The molecule has 1 fully saturated rings. The van der Waals surface area contributed by atoms with Gasteiger partial charge in [0.15, 0.2) is 0 Å². The lowest BCUT2D eigenvalue weighted by molar-refractivity contribution is -0.137. The Morgan fingerprint density at radius 2 is 2.09 bits per heavy atom. The summed E-state index contributed by atoms with van der Waals surface area (Å²) in [5, 5.41) is 2.46. The largest absolute Gasteiger partial charge is 0.417 e. The average Bonchev–Trinajstić information content (AvgIpc) is 2.87. The van der Waals surface area contributed by atoms with Gasteiger partial charge in [-0.15, -0.1) is 0 Å². The van der Waals surface area contributed by atoms with Crippen LogP contribution in [0, 0.1) is 5.92 Å². The number of sulfonamides is 1. The summed E-state index contributed by atoms with van der Waals surface area (Å²) >= 11 is 5.52. The number of hydrogen-bond donors (Lipinski definition) is 1. The third kappa shape index (κ3) is 3.56. The average molecular weight is 357 g/mol. The van der Waals surface area contributed by atoms with Crippen LogP contribution < -0.4 is 5.32 Å². The summed E-state index contributed by atoms with van der Waals surface area (Å²) in [5.74, 6) is 0.161. The molecule has 0 saturated carbocycles. The van der Waals surface area contributed by atoms with Crippen molar-refractivity contribution in [3.63, 3.8) is 0 Å². The first-order valence-corrected chi connectivity index (χ1v) is 8.49. The highest BCUT2D eigenvalue weighted by Crippen LogP contribution is 2.36. The molecule has 0 aliphatic carbocycles. The number of benzene rings is 1. The molecule has 2 rings (SSSR count). The van der Waals surface area contributed by atoms with Gasteiger partial charge in [-0.2, -0.15) is 17.5 Å². The maximum absolute atomic E-state index is 12.9. The van der Waals surface area contributed by atoms with Crippen LogP contribution in [-0.2, 0) is 16.2 Å². The Kier molecular flexibility index (Phi) is 5.06. The molecule has 1 aliphatic heterocycles. The maximum Gasteiger partial charge on any atom is 0.417 e. The molecule has 1 saturated heterocycles. The number of alkyl halides is 3. The number of rotatable bonds is 4. The van der Waals surface area contributed by atoms with Crippen molar-refractivity contribution in [3.05, 3.63) is 28.8 Å². The molecule has 1 aromatic carbocycles. The van der Waals surface area contributed by atoms with E-state index in [1.165, 1.54) is 4.31 Å². The zero-order valence-electron chi connectivity index (χ0n) is 11.8. The van der Waals surface area contributed by atoms with Gasteiger partial charge in [-0.1, -0.05) is 11.6 Å². The molecule has 1 aromatic rings. The van der Waals surface area contributed by atoms with Crippen LogP contribution in [0.15, 0.2) is 23.1 Å². The second-order valence-corrected chi connectivity index (χ2v) is 7.56. The van der Waals surface area contributed by atoms with Crippen LogP contribution in [0.2, 0.25) is 5.02 Å². The van der Waals surface area contributed by atoms with Gasteiger partial charge in [0.25, 0.3) is 0 Å². The van der Waals surface area contributed by atoms with Crippen LogP contribution >= 0.6 is 11.6 Å². The van der Waals surface area contributed by atoms with E-state index in [1.807, 2.05) is 0 Å². The summed E-state index contributed by atoms with van der Waals surface area (Å²) in [4.78, 5) is -0.380. The molecule has 0 spiro atoms. The Morgan fingerprint density at radius 1 is 1.41 bits per heavy atom. The van der Waals surface area contributed by atoms with Gasteiger partial charge in [-0.05, 0) is 44.1 Å². The highest BCUT2D eigenvalue weighted by atomic mass is 35.5. The van der Waals surface area contributed by atoms with Crippen molar-refractivity contribution in [1.82, 2.24) is 9.62 Å². The normalized spacial score (nSPS) is 20.5. The highest BCUT2D eigenvalue weighted by Gasteiger charge is 2.37. The van der Waals surface area contributed by atoms with E-state index in [2.05, 4.69) is 5.32 Å². The van der Waals surface area contributed by atoms with Gasteiger partial charge in [0, 0.05) is 13.1 Å². The highest BCUT2D eigenvalue weighted by molar-refractivity contribution is 7.89. The molecular formula is C13H16ClF3N2O2S. The van der Waals surface area contributed by atoms with E-state index in [0.29, 0.717) is 32.1 Å². The Hall–Kier alpha value is -0.830. The molecule has 4 nitrogen and oxygen atoms in total. The van der Waals surface area contributed by atoms with Crippen molar-refractivity contribution < 1.29 is 21.6 Å². The van der Waals surface area contributed by atoms with Crippen molar-refractivity contribution in [1.29, 1.82) is 0 Å².